The van der Waals surface area contributed by atoms with Crippen molar-refractivity contribution in [1.29, 1.82) is 0 Å². The van der Waals surface area contributed by atoms with Gasteiger partial charge in [0.2, 0.25) is 0 Å². The molecule has 0 saturated carbocycles. The van der Waals surface area contributed by atoms with E-state index in [0.717, 1.165) is 12.0 Å². The molecule has 0 saturated heterocycles. The van der Waals surface area contributed by atoms with Crippen LogP contribution in [0.4, 0.5) is 0 Å². The van der Waals surface area contributed by atoms with E-state index in [-0.39, 0.29) is 5.91 Å². The van der Waals surface area contributed by atoms with Crippen molar-refractivity contribution in [2.45, 2.75) is 13.3 Å². The van der Waals surface area contributed by atoms with Crippen LogP contribution in [0, 0.1) is 0 Å². The minimum absolute atomic E-state index is 0.319. The third kappa shape index (κ3) is 6.52. The molecule has 0 aliphatic rings. The van der Waals surface area contributed by atoms with Gasteiger partial charge in [-0.3, -0.25) is 4.79 Å². The Hall–Kier alpha value is -3.45. The number of halogens is 1. The second-order valence-corrected chi connectivity index (χ2v) is 7.36. The first-order valence-corrected chi connectivity index (χ1v) is 10.5. The fourth-order valence-electron chi connectivity index (χ4n) is 2.57. The normalized spacial score (nSPS) is 10.6. The van der Waals surface area contributed by atoms with Crippen molar-refractivity contribution in [3.63, 3.8) is 0 Å². The van der Waals surface area contributed by atoms with E-state index in [1.807, 2.05) is 13.0 Å². The number of hydrogen-bond acceptors (Lipinski definition) is 5. The standard InChI is InChI=1S/C24H21BrN2O4/c1-2-15-30-19-13-9-18(10-14-19)24(29)31-20-11-7-17(8-12-20)16-26-27-23(28)21-5-3-4-6-22(21)25/h3-14,16H,2,15H2,1H3,(H,27,28)/b26-16+. The molecule has 3 rings (SSSR count). The number of rotatable bonds is 8. The van der Waals surface area contributed by atoms with Crippen molar-refractivity contribution in [2.24, 2.45) is 5.10 Å². The molecule has 0 spiro atoms. The first kappa shape index (κ1) is 22.2. The third-order valence-electron chi connectivity index (χ3n) is 4.15. The summed E-state index contributed by atoms with van der Waals surface area (Å²) in [5.41, 5.74) is 4.15. The topological polar surface area (TPSA) is 77.0 Å². The number of carbonyl (C=O) groups is 2. The number of hydrazone groups is 1. The van der Waals surface area contributed by atoms with Gasteiger partial charge in [-0.05, 0) is 88.6 Å². The lowest BCUT2D eigenvalue weighted by atomic mass is 10.2. The molecule has 0 aliphatic carbocycles. The Balaban J connectivity index is 1.53. The zero-order valence-corrected chi connectivity index (χ0v) is 18.5. The summed E-state index contributed by atoms with van der Waals surface area (Å²) in [6, 6.07) is 20.7. The lowest BCUT2D eigenvalue weighted by Crippen LogP contribution is -2.18. The highest BCUT2D eigenvalue weighted by Gasteiger charge is 2.09. The number of ether oxygens (including phenoxy) is 2. The van der Waals surface area contributed by atoms with Crippen LogP contribution in [-0.4, -0.2) is 24.7 Å². The smallest absolute Gasteiger partial charge is 0.343 e. The minimum Gasteiger partial charge on any atom is -0.494 e. The molecular weight excluding hydrogens is 460 g/mol. The van der Waals surface area contributed by atoms with Crippen LogP contribution in [0.2, 0.25) is 0 Å². The second kappa shape index (κ2) is 11.1. The van der Waals surface area contributed by atoms with Gasteiger partial charge in [0.25, 0.3) is 5.91 Å². The molecule has 3 aromatic carbocycles. The molecule has 3 aromatic rings. The van der Waals surface area contributed by atoms with E-state index in [1.165, 1.54) is 6.21 Å². The van der Waals surface area contributed by atoms with Crippen LogP contribution < -0.4 is 14.9 Å². The molecule has 1 amide bonds. The van der Waals surface area contributed by atoms with Crippen molar-refractivity contribution < 1.29 is 19.1 Å². The summed E-state index contributed by atoms with van der Waals surface area (Å²) < 4.78 is 11.6. The second-order valence-electron chi connectivity index (χ2n) is 6.51. The van der Waals surface area contributed by atoms with Crippen molar-refractivity contribution in [1.82, 2.24) is 5.43 Å². The Bertz CT molecular complexity index is 1060. The molecule has 0 fully saturated rings. The van der Waals surface area contributed by atoms with Gasteiger partial charge >= 0.3 is 5.97 Å². The van der Waals surface area contributed by atoms with Gasteiger partial charge < -0.3 is 9.47 Å². The molecule has 0 heterocycles. The number of nitrogens with one attached hydrogen (secondary N) is 1. The summed E-state index contributed by atoms with van der Waals surface area (Å²) in [6.45, 7) is 2.66. The predicted octanol–water partition coefficient (Wildman–Crippen LogP) is 5.22. The van der Waals surface area contributed by atoms with Crippen molar-refractivity contribution in [3.05, 3.63) is 94.0 Å². The Morgan fingerprint density at radius 2 is 1.65 bits per heavy atom. The number of nitrogens with zero attached hydrogens (tertiary/aromatic N) is 1. The van der Waals surface area contributed by atoms with Gasteiger partial charge in [0.15, 0.2) is 0 Å². The lowest BCUT2D eigenvalue weighted by Gasteiger charge is -2.07. The van der Waals surface area contributed by atoms with Gasteiger partial charge in [-0.1, -0.05) is 19.1 Å². The Morgan fingerprint density at radius 3 is 2.32 bits per heavy atom. The van der Waals surface area contributed by atoms with Crippen molar-refractivity contribution in [3.8, 4) is 11.5 Å². The number of amides is 1. The summed E-state index contributed by atoms with van der Waals surface area (Å²) in [6.07, 6.45) is 2.43. The highest BCUT2D eigenvalue weighted by Crippen LogP contribution is 2.17. The first-order valence-electron chi connectivity index (χ1n) is 9.70. The van der Waals surface area contributed by atoms with Gasteiger partial charge in [-0.15, -0.1) is 0 Å². The van der Waals surface area contributed by atoms with Crippen LogP contribution in [0.25, 0.3) is 0 Å². The maximum atomic E-state index is 12.3. The summed E-state index contributed by atoms with van der Waals surface area (Å²) in [4.78, 5) is 24.4. The van der Waals surface area contributed by atoms with Crippen LogP contribution in [0.15, 0.2) is 82.4 Å². The molecule has 158 valence electrons. The minimum atomic E-state index is -0.454. The van der Waals surface area contributed by atoms with E-state index in [9.17, 15) is 9.59 Å². The molecule has 0 aromatic heterocycles. The largest absolute Gasteiger partial charge is 0.494 e. The molecule has 6 nitrogen and oxygen atoms in total. The highest BCUT2D eigenvalue weighted by molar-refractivity contribution is 9.10. The van der Waals surface area contributed by atoms with E-state index in [2.05, 4.69) is 26.5 Å². The Kier molecular flexibility index (Phi) is 7.95. The van der Waals surface area contributed by atoms with Gasteiger partial charge in [0.05, 0.1) is 23.9 Å². The average molecular weight is 481 g/mol. The van der Waals surface area contributed by atoms with Crippen molar-refractivity contribution >= 4 is 34.0 Å². The van der Waals surface area contributed by atoms with E-state index in [0.29, 0.717) is 33.7 Å². The van der Waals surface area contributed by atoms with Gasteiger partial charge in [0.1, 0.15) is 11.5 Å². The van der Waals surface area contributed by atoms with Gasteiger partial charge in [0, 0.05) is 4.47 Å². The predicted molar refractivity (Wildman–Crippen MR) is 123 cm³/mol. The van der Waals surface area contributed by atoms with Crippen molar-refractivity contribution in [2.75, 3.05) is 6.61 Å². The number of hydrogen-bond donors (Lipinski definition) is 1. The van der Waals surface area contributed by atoms with Crippen LogP contribution in [0.1, 0.15) is 39.6 Å². The Morgan fingerprint density at radius 1 is 0.968 bits per heavy atom. The monoisotopic (exact) mass is 480 g/mol. The Labute approximate surface area is 189 Å². The molecule has 1 N–H and O–H groups in total. The maximum Gasteiger partial charge on any atom is 0.343 e. The third-order valence-corrected chi connectivity index (χ3v) is 4.84. The van der Waals surface area contributed by atoms with E-state index < -0.39 is 5.97 Å². The molecule has 0 radical (unpaired) electrons. The molecule has 0 atom stereocenters. The van der Waals surface area contributed by atoms with Crippen LogP contribution in [-0.2, 0) is 0 Å². The van der Waals surface area contributed by atoms with Crippen LogP contribution in [0.5, 0.6) is 11.5 Å². The molecular formula is C24H21BrN2O4. The summed E-state index contributed by atoms with van der Waals surface area (Å²) >= 11 is 3.33. The first-order chi connectivity index (χ1) is 15.1. The molecule has 7 heteroatoms. The number of carbonyl (C=O) groups excluding carboxylic acids is 2. The quantitative estimate of drug-likeness (QED) is 0.207. The van der Waals surface area contributed by atoms with Gasteiger partial charge in [-0.2, -0.15) is 5.10 Å². The molecule has 0 aliphatic heterocycles. The average Bonchev–Trinajstić information content (AvgIpc) is 2.79. The lowest BCUT2D eigenvalue weighted by molar-refractivity contribution is 0.0734. The highest BCUT2D eigenvalue weighted by atomic mass is 79.9. The van der Waals surface area contributed by atoms with Crippen LogP contribution >= 0.6 is 15.9 Å². The van der Waals surface area contributed by atoms with Gasteiger partial charge in [-0.25, -0.2) is 10.2 Å². The summed E-state index contributed by atoms with van der Waals surface area (Å²) in [7, 11) is 0. The fraction of sp³-hybridized carbons (Fsp3) is 0.125. The molecule has 31 heavy (non-hydrogen) atoms. The van der Waals surface area contributed by atoms with E-state index in [1.54, 1.807) is 66.7 Å². The summed E-state index contributed by atoms with van der Waals surface area (Å²) in [5, 5.41) is 3.96. The number of esters is 1. The van der Waals surface area contributed by atoms with E-state index >= 15 is 0 Å². The SMILES string of the molecule is CCCOc1ccc(C(=O)Oc2ccc(/C=N/NC(=O)c3ccccc3Br)cc2)cc1. The van der Waals surface area contributed by atoms with Crippen LogP contribution in [0.3, 0.4) is 0 Å². The number of benzene rings is 3. The fourth-order valence-corrected chi connectivity index (χ4v) is 3.03. The zero-order valence-electron chi connectivity index (χ0n) is 16.9. The molecule has 0 bridgehead atoms. The summed E-state index contributed by atoms with van der Waals surface area (Å²) in [5.74, 6) is 0.351. The molecule has 0 unspecified atom stereocenters. The maximum absolute atomic E-state index is 12.3. The van der Waals surface area contributed by atoms with E-state index in [4.69, 9.17) is 9.47 Å². The zero-order chi connectivity index (χ0) is 22.1.